The van der Waals surface area contributed by atoms with Gasteiger partial charge in [0.2, 0.25) is 0 Å². The van der Waals surface area contributed by atoms with E-state index >= 15 is 0 Å². The molecule has 1 N–H and O–H groups in total. The minimum Gasteiger partial charge on any atom is -0.368 e. The molecule has 7 heteroatoms. The summed E-state index contributed by atoms with van der Waals surface area (Å²) in [6.45, 7) is 3.38. The second-order valence-corrected chi connectivity index (χ2v) is 6.68. The number of amides is 1. The summed E-state index contributed by atoms with van der Waals surface area (Å²) in [6, 6.07) is 21.0. The second-order valence-electron chi connectivity index (χ2n) is 6.68. The second kappa shape index (κ2) is 8.40. The maximum atomic E-state index is 12.6. The fourth-order valence-electron chi connectivity index (χ4n) is 3.35. The van der Waals surface area contributed by atoms with E-state index in [4.69, 9.17) is 0 Å². The van der Waals surface area contributed by atoms with Gasteiger partial charge in [0, 0.05) is 37.9 Å². The van der Waals surface area contributed by atoms with E-state index in [2.05, 4.69) is 43.3 Å². The summed E-state index contributed by atoms with van der Waals surface area (Å²) in [7, 11) is 0. The Hall–Kier alpha value is -3.92. The minimum atomic E-state index is -0.362. The molecule has 0 atom stereocenters. The van der Waals surface area contributed by atoms with Gasteiger partial charge >= 0.3 is 0 Å². The molecule has 7 nitrogen and oxygen atoms in total. The highest BCUT2D eigenvalue weighted by molar-refractivity contribution is 6.03. The number of nitrogens with one attached hydrogen (secondary N) is 1. The van der Waals surface area contributed by atoms with E-state index < -0.39 is 0 Å². The van der Waals surface area contributed by atoms with Crippen molar-refractivity contribution in [2.75, 3.05) is 41.3 Å². The van der Waals surface area contributed by atoms with Crippen molar-refractivity contribution in [3.05, 3.63) is 78.2 Å². The standard InChI is InChI=1S/C22H20N6O/c23-15-17-6-4-5-9-19(17)26-22(29)20-14-21(25-16-24-20)28-12-10-27(11-13-28)18-7-2-1-3-8-18/h1-9,14,16H,10-13H2,(H,26,29). The monoisotopic (exact) mass is 384 g/mol. The van der Waals surface area contributed by atoms with Gasteiger partial charge in [0.25, 0.3) is 5.91 Å². The van der Waals surface area contributed by atoms with Gasteiger partial charge in [0.1, 0.15) is 23.9 Å². The Labute approximate surface area is 169 Å². The van der Waals surface area contributed by atoms with E-state index in [9.17, 15) is 10.1 Å². The molecule has 0 bridgehead atoms. The summed E-state index contributed by atoms with van der Waals surface area (Å²) < 4.78 is 0. The Balaban J connectivity index is 1.44. The molecular formula is C22H20N6O. The van der Waals surface area contributed by atoms with Crippen LogP contribution in [0.3, 0.4) is 0 Å². The predicted octanol–water partition coefficient (Wildman–Crippen LogP) is 2.93. The number of para-hydroxylation sites is 2. The molecule has 1 amide bonds. The lowest BCUT2D eigenvalue weighted by Crippen LogP contribution is -2.46. The van der Waals surface area contributed by atoms with E-state index in [-0.39, 0.29) is 11.6 Å². The Morgan fingerprint density at radius 3 is 2.38 bits per heavy atom. The molecule has 0 radical (unpaired) electrons. The van der Waals surface area contributed by atoms with Gasteiger partial charge in [-0.3, -0.25) is 4.79 Å². The zero-order valence-electron chi connectivity index (χ0n) is 15.8. The molecule has 144 valence electrons. The van der Waals surface area contributed by atoms with Gasteiger partial charge < -0.3 is 15.1 Å². The zero-order chi connectivity index (χ0) is 20.1. The Kier molecular flexibility index (Phi) is 5.34. The highest BCUT2D eigenvalue weighted by atomic mass is 16.1. The van der Waals surface area contributed by atoms with Gasteiger partial charge in [0.05, 0.1) is 11.3 Å². The number of piperazine rings is 1. The van der Waals surface area contributed by atoms with Crippen LogP contribution in [0.4, 0.5) is 17.2 Å². The predicted molar refractivity (Wildman–Crippen MR) is 112 cm³/mol. The number of nitriles is 1. The van der Waals surface area contributed by atoms with Crippen molar-refractivity contribution in [3.63, 3.8) is 0 Å². The van der Waals surface area contributed by atoms with Crippen LogP contribution in [0.5, 0.6) is 0 Å². The molecule has 1 aliphatic rings. The van der Waals surface area contributed by atoms with Crippen LogP contribution in [0.25, 0.3) is 0 Å². The van der Waals surface area contributed by atoms with Gasteiger partial charge in [-0.15, -0.1) is 0 Å². The maximum Gasteiger partial charge on any atom is 0.274 e. The molecule has 1 aromatic heterocycles. The lowest BCUT2D eigenvalue weighted by molar-refractivity contribution is 0.102. The molecule has 4 rings (SSSR count). The minimum absolute atomic E-state index is 0.272. The molecule has 1 fully saturated rings. The number of aromatic nitrogens is 2. The molecule has 1 aliphatic heterocycles. The number of hydrogen-bond donors (Lipinski definition) is 1. The third kappa shape index (κ3) is 4.17. The van der Waals surface area contributed by atoms with E-state index in [1.807, 2.05) is 18.2 Å². The van der Waals surface area contributed by atoms with E-state index in [1.165, 1.54) is 12.0 Å². The van der Waals surface area contributed by atoms with Crippen LogP contribution in [0.2, 0.25) is 0 Å². The average Bonchev–Trinajstić information content (AvgIpc) is 2.80. The number of anilines is 3. The molecular weight excluding hydrogens is 364 g/mol. The fraction of sp³-hybridized carbons (Fsp3) is 0.182. The normalized spacial score (nSPS) is 13.6. The number of carbonyl (C=O) groups excluding carboxylic acids is 1. The van der Waals surface area contributed by atoms with Crippen LogP contribution in [0.15, 0.2) is 67.0 Å². The quantitative estimate of drug-likeness (QED) is 0.744. The molecule has 29 heavy (non-hydrogen) atoms. The fourth-order valence-corrected chi connectivity index (χ4v) is 3.35. The van der Waals surface area contributed by atoms with Gasteiger partial charge in [-0.05, 0) is 24.3 Å². The molecule has 2 aromatic carbocycles. The molecule has 0 spiro atoms. The van der Waals surface area contributed by atoms with Crippen LogP contribution in [-0.2, 0) is 0 Å². The molecule has 3 aromatic rings. The first-order valence-corrected chi connectivity index (χ1v) is 9.42. The Morgan fingerprint density at radius 1 is 0.931 bits per heavy atom. The number of rotatable bonds is 4. The first-order valence-electron chi connectivity index (χ1n) is 9.42. The topological polar surface area (TPSA) is 85.2 Å². The first-order chi connectivity index (χ1) is 14.2. The summed E-state index contributed by atoms with van der Waals surface area (Å²) in [5.41, 5.74) is 2.36. The number of nitrogens with zero attached hydrogens (tertiary/aromatic N) is 5. The maximum absolute atomic E-state index is 12.6. The van der Waals surface area contributed by atoms with Gasteiger partial charge in [0.15, 0.2) is 0 Å². The van der Waals surface area contributed by atoms with Crippen molar-refractivity contribution < 1.29 is 4.79 Å². The Bertz CT molecular complexity index is 1040. The summed E-state index contributed by atoms with van der Waals surface area (Å²) >= 11 is 0. The lowest BCUT2D eigenvalue weighted by Gasteiger charge is -2.36. The zero-order valence-corrected chi connectivity index (χ0v) is 15.8. The molecule has 2 heterocycles. The highest BCUT2D eigenvalue weighted by Gasteiger charge is 2.20. The summed E-state index contributed by atoms with van der Waals surface area (Å²) in [6.07, 6.45) is 1.41. The van der Waals surface area contributed by atoms with Crippen molar-refractivity contribution in [3.8, 4) is 6.07 Å². The van der Waals surface area contributed by atoms with Gasteiger partial charge in [-0.2, -0.15) is 5.26 Å². The van der Waals surface area contributed by atoms with Crippen LogP contribution < -0.4 is 15.1 Å². The van der Waals surface area contributed by atoms with Crippen LogP contribution in [0, 0.1) is 11.3 Å². The molecule has 1 saturated heterocycles. The highest BCUT2D eigenvalue weighted by Crippen LogP contribution is 2.20. The van der Waals surface area contributed by atoms with Crippen LogP contribution in [-0.4, -0.2) is 42.1 Å². The van der Waals surface area contributed by atoms with E-state index in [0.29, 0.717) is 11.3 Å². The van der Waals surface area contributed by atoms with Crippen molar-refractivity contribution in [2.45, 2.75) is 0 Å². The number of carbonyl (C=O) groups is 1. The van der Waals surface area contributed by atoms with Crippen molar-refractivity contribution in [1.29, 1.82) is 5.26 Å². The average molecular weight is 384 g/mol. The molecule has 0 unspecified atom stereocenters. The lowest BCUT2D eigenvalue weighted by atomic mass is 10.2. The third-order valence-corrected chi connectivity index (χ3v) is 4.91. The van der Waals surface area contributed by atoms with Crippen LogP contribution >= 0.6 is 0 Å². The van der Waals surface area contributed by atoms with Crippen molar-refractivity contribution in [2.24, 2.45) is 0 Å². The number of hydrogen-bond acceptors (Lipinski definition) is 6. The van der Waals surface area contributed by atoms with Crippen molar-refractivity contribution in [1.82, 2.24) is 9.97 Å². The molecule has 0 saturated carbocycles. The smallest absolute Gasteiger partial charge is 0.274 e. The first kappa shape index (κ1) is 18.4. The summed E-state index contributed by atoms with van der Waals surface area (Å²) in [4.78, 5) is 25.6. The van der Waals surface area contributed by atoms with E-state index in [1.54, 1.807) is 30.3 Å². The van der Waals surface area contributed by atoms with Crippen LogP contribution in [0.1, 0.15) is 16.1 Å². The largest absolute Gasteiger partial charge is 0.368 e. The number of benzene rings is 2. The van der Waals surface area contributed by atoms with E-state index in [0.717, 1.165) is 32.0 Å². The van der Waals surface area contributed by atoms with Gasteiger partial charge in [-0.25, -0.2) is 9.97 Å². The third-order valence-electron chi connectivity index (χ3n) is 4.91. The summed E-state index contributed by atoms with van der Waals surface area (Å²) in [5.74, 6) is 0.366. The Morgan fingerprint density at radius 2 is 1.62 bits per heavy atom. The molecule has 0 aliphatic carbocycles. The SMILES string of the molecule is N#Cc1ccccc1NC(=O)c1cc(N2CCN(c3ccccc3)CC2)ncn1. The van der Waals surface area contributed by atoms with Crippen molar-refractivity contribution >= 4 is 23.1 Å². The van der Waals surface area contributed by atoms with Gasteiger partial charge in [-0.1, -0.05) is 30.3 Å². The summed E-state index contributed by atoms with van der Waals surface area (Å²) in [5, 5.41) is 11.9.